The number of hydrogen-bond donors (Lipinski definition) is 1. The Kier molecular flexibility index (Phi) is 4.56. The van der Waals surface area contributed by atoms with E-state index in [1.54, 1.807) is 0 Å². The third-order valence-electron chi connectivity index (χ3n) is 6.32. The minimum Gasteiger partial charge on any atom is -0.726 e. The molecule has 6 nitrogen and oxygen atoms in total. The van der Waals surface area contributed by atoms with Crippen LogP contribution >= 0.6 is 0 Å². The summed E-state index contributed by atoms with van der Waals surface area (Å²) in [5.41, 5.74) is 4.83. The van der Waals surface area contributed by atoms with Gasteiger partial charge in [0.25, 0.3) is 0 Å². The largest absolute Gasteiger partial charge is 0.726 e. The van der Waals surface area contributed by atoms with Gasteiger partial charge in [-0.1, -0.05) is 19.1 Å². The van der Waals surface area contributed by atoms with Crippen molar-refractivity contribution in [1.82, 2.24) is 6.15 Å². The van der Waals surface area contributed by atoms with Crippen molar-refractivity contribution in [1.29, 1.82) is 0 Å². The van der Waals surface area contributed by atoms with Gasteiger partial charge in [0.2, 0.25) is 10.4 Å². The highest BCUT2D eigenvalue weighted by Crippen LogP contribution is 2.54. The topological polar surface area (TPSA) is 120 Å². The average molecular weight is 367 g/mol. The number of carbonyl (C=O) groups excluding carboxylic acids is 1. The van der Waals surface area contributed by atoms with E-state index in [0.717, 1.165) is 31.2 Å². The van der Waals surface area contributed by atoms with E-state index in [1.165, 1.54) is 16.7 Å². The first-order valence-electron chi connectivity index (χ1n) is 8.59. The zero-order valence-electron chi connectivity index (χ0n) is 14.7. The van der Waals surface area contributed by atoms with Gasteiger partial charge >= 0.3 is 0 Å². The highest BCUT2D eigenvalue weighted by atomic mass is 32.3. The van der Waals surface area contributed by atoms with Gasteiger partial charge in [0.15, 0.2) is 0 Å². The summed E-state index contributed by atoms with van der Waals surface area (Å²) in [5, 5.41) is 0. The number of hydrogen-bond acceptors (Lipinski definition) is 5. The maximum absolute atomic E-state index is 12.3. The maximum Gasteiger partial charge on any atom is 0.217 e. The summed E-state index contributed by atoms with van der Waals surface area (Å²) < 4.78 is 37.1. The van der Waals surface area contributed by atoms with Gasteiger partial charge in [0.1, 0.15) is 5.78 Å². The van der Waals surface area contributed by atoms with Crippen LogP contribution in [0.3, 0.4) is 0 Å². The number of benzene rings is 1. The Balaban J connectivity index is 0.00000182. The number of Topliss-reactive ketones (excluding diaryl/α,β-unsaturated/α-hetero) is 1. The van der Waals surface area contributed by atoms with E-state index in [1.807, 2.05) is 6.07 Å². The fourth-order valence-corrected chi connectivity index (χ4v) is 5.55. The molecule has 1 aromatic carbocycles. The number of fused-ring (bicyclic) bond motifs is 5. The molecule has 1 aromatic rings. The third-order valence-corrected chi connectivity index (χ3v) is 6.83. The molecule has 4 rings (SSSR count). The SMILES string of the molecule is C[C@]12CCc3c(ccc4c3CC[C@H](OS(=O)(=O)[O-])C4)[C@@H]1CCC2=O.[NH4+]. The van der Waals surface area contributed by atoms with E-state index < -0.39 is 16.5 Å². The number of carbonyl (C=O) groups is 1. The second-order valence-electron chi connectivity index (χ2n) is 7.57. The number of ketones is 1. The Morgan fingerprint density at radius 1 is 1.16 bits per heavy atom. The quantitative estimate of drug-likeness (QED) is 0.636. The summed E-state index contributed by atoms with van der Waals surface area (Å²) in [6, 6.07) is 4.15. The monoisotopic (exact) mass is 367 g/mol. The molecule has 0 heterocycles. The first-order chi connectivity index (χ1) is 11.3. The summed E-state index contributed by atoms with van der Waals surface area (Å²) in [6.07, 6.45) is 4.60. The number of rotatable bonds is 2. The highest BCUT2D eigenvalue weighted by Gasteiger charge is 2.49. The Labute approximate surface area is 148 Å². The molecular weight excluding hydrogens is 342 g/mol. The van der Waals surface area contributed by atoms with Crippen molar-refractivity contribution in [2.75, 3.05) is 0 Å². The molecule has 1 fully saturated rings. The lowest BCUT2D eigenvalue weighted by atomic mass is 9.65. The lowest BCUT2D eigenvalue weighted by Gasteiger charge is -2.39. The van der Waals surface area contributed by atoms with E-state index in [-0.39, 0.29) is 11.6 Å². The number of quaternary nitrogens is 1. The van der Waals surface area contributed by atoms with Crippen LogP contribution in [0, 0.1) is 5.41 Å². The van der Waals surface area contributed by atoms with E-state index >= 15 is 0 Å². The molecule has 4 N–H and O–H groups in total. The van der Waals surface area contributed by atoms with Gasteiger partial charge in [-0.15, -0.1) is 0 Å². The molecular formula is C18H25NO5S. The van der Waals surface area contributed by atoms with Crippen LogP contribution in [0.1, 0.15) is 60.8 Å². The minimum absolute atomic E-state index is 0. The molecule has 0 amide bonds. The molecule has 1 saturated carbocycles. The second kappa shape index (κ2) is 6.16. The van der Waals surface area contributed by atoms with Crippen molar-refractivity contribution in [2.24, 2.45) is 5.41 Å². The fraction of sp³-hybridized carbons (Fsp3) is 0.611. The Hall–Kier alpha value is -1.28. The summed E-state index contributed by atoms with van der Waals surface area (Å²) in [6.45, 7) is 2.11. The lowest BCUT2D eigenvalue weighted by molar-refractivity contribution is -0.126. The van der Waals surface area contributed by atoms with Gasteiger partial charge in [-0.25, -0.2) is 8.42 Å². The molecule has 0 unspecified atom stereocenters. The van der Waals surface area contributed by atoms with Crippen LogP contribution in [0.4, 0.5) is 0 Å². The minimum atomic E-state index is -4.66. The van der Waals surface area contributed by atoms with Crippen molar-refractivity contribution in [2.45, 2.75) is 63.9 Å². The molecule has 25 heavy (non-hydrogen) atoms. The summed E-state index contributed by atoms with van der Waals surface area (Å²) in [4.78, 5) is 12.3. The Morgan fingerprint density at radius 3 is 2.64 bits per heavy atom. The van der Waals surface area contributed by atoms with E-state index in [9.17, 15) is 17.8 Å². The van der Waals surface area contributed by atoms with Gasteiger partial charge in [0.05, 0.1) is 6.10 Å². The van der Waals surface area contributed by atoms with Crippen molar-refractivity contribution in [3.63, 3.8) is 0 Å². The molecule has 3 aliphatic rings. The van der Waals surface area contributed by atoms with E-state index in [2.05, 4.69) is 17.2 Å². The molecule has 3 aliphatic carbocycles. The van der Waals surface area contributed by atoms with Crippen LogP contribution in [0.25, 0.3) is 0 Å². The Morgan fingerprint density at radius 2 is 1.92 bits per heavy atom. The standard InChI is InChI=1S/C18H22O5S.H3N/c1-18-9-8-14-13-5-3-12(23-24(20,21)22)10-11(13)2-4-15(14)16(18)6-7-17(18)19;/h2,4,12,16H,3,5-10H2,1H3,(H,20,21,22);1H3/t12-,16-,18-;/m0./s1. The molecule has 138 valence electrons. The van der Waals surface area contributed by atoms with Crippen LogP contribution in [-0.2, 0) is 38.6 Å². The van der Waals surface area contributed by atoms with Gasteiger partial charge < -0.3 is 10.7 Å². The van der Waals surface area contributed by atoms with Crippen LogP contribution < -0.4 is 6.15 Å². The van der Waals surface area contributed by atoms with E-state index in [0.29, 0.717) is 31.0 Å². The Bertz CT molecular complexity index is 819. The lowest BCUT2D eigenvalue weighted by Crippen LogP contribution is -2.34. The van der Waals surface area contributed by atoms with Crippen molar-refractivity contribution in [3.05, 3.63) is 34.4 Å². The van der Waals surface area contributed by atoms with Crippen LogP contribution in [0.5, 0.6) is 0 Å². The predicted octanol–water partition coefficient (Wildman–Crippen LogP) is 2.80. The van der Waals surface area contributed by atoms with Crippen molar-refractivity contribution < 1.29 is 21.9 Å². The maximum atomic E-state index is 12.3. The first-order valence-corrected chi connectivity index (χ1v) is 9.92. The first kappa shape index (κ1) is 18.5. The van der Waals surface area contributed by atoms with Gasteiger partial charge in [-0.05, 0) is 60.3 Å². The summed E-state index contributed by atoms with van der Waals surface area (Å²) in [7, 11) is -4.66. The third kappa shape index (κ3) is 3.03. The van der Waals surface area contributed by atoms with E-state index in [4.69, 9.17) is 0 Å². The predicted molar refractivity (Wildman–Crippen MR) is 92.4 cm³/mol. The summed E-state index contributed by atoms with van der Waals surface area (Å²) in [5.74, 6) is 0.708. The summed E-state index contributed by atoms with van der Waals surface area (Å²) >= 11 is 0. The fourth-order valence-electron chi connectivity index (χ4n) is 5.06. The molecule has 0 bridgehead atoms. The van der Waals surface area contributed by atoms with Crippen LogP contribution in [0.2, 0.25) is 0 Å². The molecule has 0 aliphatic heterocycles. The average Bonchev–Trinajstić information content (AvgIpc) is 2.81. The highest BCUT2D eigenvalue weighted by molar-refractivity contribution is 7.80. The van der Waals surface area contributed by atoms with Crippen LogP contribution in [0.15, 0.2) is 12.1 Å². The molecule has 3 atom stereocenters. The molecule has 7 heteroatoms. The molecule has 0 aromatic heterocycles. The zero-order valence-corrected chi connectivity index (χ0v) is 15.5. The van der Waals surface area contributed by atoms with Crippen LogP contribution in [-0.4, -0.2) is 24.9 Å². The van der Waals surface area contributed by atoms with Gasteiger partial charge in [-0.3, -0.25) is 8.98 Å². The zero-order chi connectivity index (χ0) is 17.1. The van der Waals surface area contributed by atoms with Crippen molar-refractivity contribution in [3.8, 4) is 0 Å². The normalized spacial score (nSPS) is 30.9. The van der Waals surface area contributed by atoms with Gasteiger partial charge in [-0.2, -0.15) is 0 Å². The molecule has 0 spiro atoms. The smallest absolute Gasteiger partial charge is 0.217 e. The molecule has 0 radical (unpaired) electrons. The van der Waals surface area contributed by atoms with Gasteiger partial charge in [0, 0.05) is 18.3 Å². The van der Waals surface area contributed by atoms with Crippen molar-refractivity contribution >= 4 is 16.2 Å². The second-order valence-corrected chi connectivity index (χ2v) is 8.58. The molecule has 0 saturated heterocycles.